The van der Waals surface area contributed by atoms with Crippen LogP contribution in [0.4, 0.5) is 18.9 Å². The van der Waals surface area contributed by atoms with E-state index in [1.165, 1.54) is 34.8 Å². The van der Waals surface area contributed by atoms with Crippen molar-refractivity contribution in [3.63, 3.8) is 0 Å². The van der Waals surface area contributed by atoms with Crippen LogP contribution in [-0.4, -0.2) is 64.5 Å². The van der Waals surface area contributed by atoms with Gasteiger partial charge >= 0.3 is 0 Å². The van der Waals surface area contributed by atoms with Gasteiger partial charge in [-0.05, 0) is 68.4 Å². The van der Waals surface area contributed by atoms with Crippen LogP contribution in [0.25, 0.3) is 0 Å². The number of nitrogens with zero attached hydrogens (tertiary/aromatic N) is 3. The zero-order valence-electron chi connectivity index (χ0n) is 24.1. The maximum absolute atomic E-state index is 16.0. The zero-order valence-corrected chi connectivity index (χ0v) is 24.1. The summed E-state index contributed by atoms with van der Waals surface area (Å²) in [7, 11) is 0. The van der Waals surface area contributed by atoms with E-state index >= 15 is 8.78 Å². The van der Waals surface area contributed by atoms with Crippen LogP contribution in [0.15, 0.2) is 30.3 Å². The van der Waals surface area contributed by atoms with Crippen LogP contribution in [0.5, 0.6) is 0 Å². The predicted octanol–water partition coefficient (Wildman–Crippen LogP) is 5.91. The first-order valence-corrected chi connectivity index (χ1v) is 15.6. The smallest absolute Gasteiger partial charge is 0.257 e. The SMILES string of the molecule is O=C(c1ccc(C2CCc3cc(F)ccc3N2C2CCCCCCCC2)c(F)c1F)N1CCN(C(=O)C2(O)CC2)CC1. The summed E-state index contributed by atoms with van der Waals surface area (Å²) in [6, 6.07) is 7.44. The Balaban J connectivity index is 1.25. The van der Waals surface area contributed by atoms with E-state index in [1.807, 2.05) is 0 Å². The number of halogens is 3. The molecule has 0 radical (unpaired) electrons. The summed E-state index contributed by atoms with van der Waals surface area (Å²) < 4.78 is 45.8. The molecule has 3 fully saturated rings. The van der Waals surface area contributed by atoms with Gasteiger partial charge in [-0.3, -0.25) is 9.59 Å². The number of fused-ring (bicyclic) bond motifs is 1. The standard InChI is InChI=1S/C33H40F3N3O3/c34-23-10-14-27-22(21-23)9-13-28(39(27)24-7-5-3-1-2-4-6-8-24)25-11-12-26(30(36)29(25)35)31(40)37-17-19-38(20-18-37)32(41)33(42)15-16-33/h10-12,14,21,24,28,42H,1-9,13,15-20H2. The summed E-state index contributed by atoms with van der Waals surface area (Å²) >= 11 is 0. The molecule has 0 aromatic heterocycles. The number of anilines is 1. The lowest BCUT2D eigenvalue weighted by Crippen LogP contribution is -2.53. The topological polar surface area (TPSA) is 64.1 Å². The fraction of sp³-hybridized carbons (Fsp3) is 0.576. The summed E-state index contributed by atoms with van der Waals surface area (Å²) in [5, 5.41) is 10.1. The van der Waals surface area contributed by atoms with Crippen molar-refractivity contribution in [1.82, 2.24) is 9.80 Å². The number of hydrogen-bond donors (Lipinski definition) is 1. The van der Waals surface area contributed by atoms with Crippen molar-refractivity contribution in [3.8, 4) is 0 Å². The molecule has 2 saturated carbocycles. The van der Waals surface area contributed by atoms with E-state index in [2.05, 4.69) is 4.90 Å². The molecule has 2 heterocycles. The number of carbonyl (C=O) groups excluding carboxylic acids is 2. The monoisotopic (exact) mass is 583 g/mol. The van der Waals surface area contributed by atoms with Crippen LogP contribution < -0.4 is 4.90 Å². The molecule has 0 bridgehead atoms. The number of rotatable bonds is 4. The summed E-state index contributed by atoms with van der Waals surface area (Å²) in [5.74, 6) is -3.38. The molecule has 2 aliphatic carbocycles. The summed E-state index contributed by atoms with van der Waals surface area (Å²) in [4.78, 5) is 30.9. The van der Waals surface area contributed by atoms with E-state index in [1.54, 1.807) is 18.2 Å². The Hall–Kier alpha value is -3.07. The second-order valence-corrected chi connectivity index (χ2v) is 12.5. The first kappa shape index (κ1) is 29.0. The summed E-state index contributed by atoms with van der Waals surface area (Å²) in [5.41, 5.74) is 0.426. The molecular weight excluding hydrogens is 543 g/mol. The van der Waals surface area contributed by atoms with E-state index in [-0.39, 0.29) is 55.1 Å². The molecule has 0 spiro atoms. The lowest BCUT2D eigenvalue weighted by molar-refractivity contribution is -0.143. The van der Waals surface area contributed by atoms with Gasteiger partial charge in [-0.25, -0.2) is 13.2 Å². The Labute approximate surface area is 245 Å². The van der Waals surface area contributed by atoms with Gasteiger partial charge in [0.1, 0.15) is 11.4 Å². The molecule has 1 atom stereocenters. The molecule has 42 heavy (non-hydrogen) atoms. The van der Waals surface area contributed by atoms with E-state index in [0.29, 0.717) is 25.7 Å². The minimum Gasteiger partial charge on any atom is -0.380 e. The number of piperazine rings is 1. The minimum absolute atomic E-state index is 0.133. The number of hydrogen-bond acceptors (Lipinski definition) is 4. The Morgan fingerprint density at radius 1 is 0.786 bits per heavy atom. The van der Waals surface area contributed by atoms with Gasteiger partial charge in [-0.2, -0.15) is 0 Å². The van der Waals surface area contributed by atoms with Crippen LogP contribution in [0.2, 0.25) is 0 Å². The molecule has 1 unspecified atom stereocenters. The first-order valence-electron chi connectivity index (χ1n) is 15.6. The highest BCUT2D eigenvalue weighted by Crippen LogP contribution is 2.44. The van der Waals surface area contributed by atoms with Gasteiger partial charge in [-0.15, -0.1) is 0 Å². The van der Waals surface area contributed by atoms with Gasteiger partial charge in [0.2, 0.25) is 0 Å². The van der Waals surface area contributed by atoms with Crippen molar-refractivity contribution in [1.29, 1.82) is 0 Å². The maximum Gasteiger partial charge on any atom is 0.257 e. The third-order valence-corrected chi connectivity index (χ3v) is 9.74. The third-order valence-electron chi connectivity index (χ3n) is 9.74. The van der Waals surface area contributed by atoms with Crippen molar-refractivity contribution in [3.05, 3.63) is 64.5 Å². The van der Waals surface area contributed by atoms with Crippen LogP contribution >= 0.6 is 0 Å². The minimum atomic E-state index is -1.27. The van der Waals surface area contributed by atoms with E-state index in [4.69, 9.17) is 0 Å². The molecule has 226 valence electrons. The molecule has 6 nitrogen and oxygen atoms in total. The number of amides is 2. The van der Waals surface area contributed by atoms with Gasteiger partial charge in [-0.1, -0.05) is 44.6 Å². The summed E-state index contributed by atoms with van der Waals surface area (Å²) in [6.45, 7) is 0.866. The van der Waals surface area contributed by atoms with Crippen molar-refractivity contribution in [2.75, 3.05) is 31.1 Å². The van der Waals surface area contributed by atoms with E-state index in [0.717, 1.165) is 49.8 Å². The number of aryl methyl sites for hydroxylation is 1. The molecular formula is C33H40F3N3O3. The highest BCUT2D eigenvalue weighted by atomic mass is 19.2. The molecule has 2 aromatic carbocycles. The Bertz CT molecular complexity index is 1330. The van der Waals surface area contributed by atoms with Gasteiger partial charge in [0.15, 0.2) is 11.6 Å². The van der Waals surface area contributed by atoms with Gasteiger partial charge < -0.3 is 19.8 Å². The van der Waals surface area contributed by atoms with E-state index < -0.39 is 29.2 Å². The number of carbonyl (C=O) groups is 2. The second-order valence-electron chi connectivity index (χ2n) is 12.5. The Morgan fingerprint density at radius 3 is 2.10 bits per heavy atom. The second kappa shape index (κ2) is 11.9. The predicted molar refractivity (Wildman–Crippen MR) is 154 cm³/mol. The van der Waals surface area contributed by atoms with Crippen molar-refractivity contribution >= 4 is 17.5 Å². The van der Waals surface area contributed by atoms with E-state index in [9.17, 15) is 19.1 Å². The quantitative estimate of drug-likeness (QED) is 0.486. The normalized spacial score (nSPS) is 23.0. The average molecular weight is 584 g/mol. The van der Waals surface area contributed by atoms with Crippen LogP contribution in [0, 0.1) is 17.5 Å². The highest BCUT2D eigenvalue weighted by Gasteiger charge is 2.50. The molecule has 1 saturated heterocycles. The molecule has 6 rings (SSSR count). The highest BCUT2D eigenvalue weighted by molar-refractivity contribution is 5.95. The lowest BCUT2D eigenvalue weighted by Gasteiger charge is -2.45. The molecule has 2 amide bonds. The molecule has 4 aliphatic rings. The number of benzene rings is 2. The zero-order chi connectivity index (χ0) is 29.4. The molecule has 1 N–H and O–H groups in total. The van der Waals surface area contributed by atoms with Crippen LogP contribution in [-0.2, 0) is 11.2 Å². The lowest BCUT2D eigenvalue weighted by atomic mass is 9.87. The average Bonchev–Trinajstić information content (AvgIpc) is 3.72. The summed E-state index contributed by atoms with van der Waals surface area (Å²) in [6.07, 6.45) is 10.7. The number of aliphatic hydroxyl groups is 1. The molecule has 2 aromatic rings. The van der Waals surface area contributed by atoms with Gasteiger partial charge in [0.25, 0.3) is 11.8 Å². The Kier molecular flexibility index (Phi) is 8.22. The van der Waals surface area contributed by atoms with Crippen molar-refractivity contribution in [2.45, 2.75) is 94.7 Å². The Morgan fingerprint density at radius 2 is 1.43 bits per heavy atom. The van der Waals surface area contributed by atoms with Crippen molar-refractivity contribution < 1.29 is 27.9 Å². The third kappa shape index (κ3) is 5.64. The first-order chi connectivity index (χ1) is 20.3. The molecule has 2 aliphatic heterocycles. The van der Waals surface area contributed by atoms with Crippen LogP contribution in [0.1, 0.15) is 98.2 Å². The molecule has 9 heteroatoms. The maximum atomic E-state index is 16.0. The fourth-order valence-electron chi connectivity index (χ4n) is 7.15. The fourth-order valence-corrected chi connectivity index (χ4v) is 7.15. The van der Waals surface area contributed by atoms with Gasteiger partial charge in [0.05, 0.1) is 11.6 Å². The van der Waals surface area contributed by atoms with Gasteiger partial charge in [0, 0.05) is 43.5 Å². The largest absolute Gasteiger partial charge is 0.380 e. The van der Waals surface area contributed by atoms with Crippen molar-refractivity contribution in [2.24, 2.45) is 0 Å². The van der Waals surface area contributed by atoms with Crippen LogP contribution in [0.3, 0.4) is 0 Å².